The van der Waals surface area contributed by atoms with Gasteiger partial charge in [0.25, 0.3) is 5.91 Å². The number of amides is 1. The second kappa shape index (κ2) is 8.25. The molecule has 1 aromatic heterocycles. The van der Waals surface area contributed by atoms with E-state index in [1.54, 1.807) is 12.3 Å². The molecule has 0 aliphatic carbocycles. The normalized spacial score (nSPS) is 10.4. The Morgan fingerprint density at radius 2 is 1.89 bits per heavy atom. The predicted octanol–water partition coefficient (Wildman–Crippen LogP) is 3.89. The lowest BCUT2D eigenvalue weighted by atomic mass is 10.2. The lowest BCUT2D eigenvalue weighted by molar-refractivity contribution is 0.0749. The van der Waals surface area contributed by atoms with Gasteiger partial charge in [0.15, 0.2) is 0 Å². The summed E-state index contributed by atoms with van der Waals surface area (Å²) in [7, 11) is 0. The number of hydrogen-bond donors (Lipinski definition) is 0. The minimum atomic E-state index is 0.0804. The van der Waals surface area contributed by atoms with Crippen molar-refractivity contribution in [3.05, 3.63) is 28.5 Å². The molecular formula is C14H21BrN2O. The second-order valence-electron chi connectivity index (χ2n) is 4.34. The number of rotatable bonds is 7. The van der Waals surface area contributed by atoms with Crippen molar-refractivity contribution >= 4 is 21.8 Å². The van der Waals surface area contributed by atoms with Crippen molar-refractivity contribution in [2.45, 2.75) is 39.5 Å². The Labute approximate surface area is 118 Å². The highest BCUT2D eigenvalue weighted by molar-refractivity contribution is 9.10. The molecule has 1 amide bonds. The van der Waals surface area contributed by atoms with E-state index in [1.165, 1.54) is 0 Å². The van der Waals surface area contributed by atoms with Crippen molar-refractivity contribution in [3.63, 3.8) is 0 Å². The largest absolute Gasteiger partial charge is 0.339 e. The Bertz CT molecular complexity index is 374. The molecule has 0 unspecified atom stereocenters. The number of pyridine rings is 1. The van der Waals surface area contributed by atoms with Crippen LogP contribution in [0.5, 0.6) is 0 Å². The lowest BCUT2D eigenvalue weighted by Crippen LogP contribution is -2.33. The average molecular weight is 313 g/mol. The molecule has 0 radical (unpaired) electrons. The average Bonchev–Trinajstić information content (AvgIpc) is 2.39. The maximum atomic E-state index is 12.4. The first-order valence-corrected chi connectivity index (χ1v) is 7.39. The fourth-order valence-electron chi connectivity index (χ4n) is 1.73. The van der Waals surface area contributed by atoms with E-state index in [-0.39, 0.29) is 5.91 Å². The van der Waals surface area contributed by atoms with Gasteiger partial charge in [-0.25, -0.2) is 4.98 Å². The molecule has 0 spiro atoms. The van der Waals surface area contributed by atoms with Crippen molar-refractivity contribution in [1.29, 1.82) is 0 Å². The van der Waals surface area contributed by atoms with Gasteiger partial charge in [0.1, 0.15) is 4.60 Å². The van der Waals surface area contributed by atoms with Crippen LogP contribution in [0.2, 0.25) is 0 Å². The molecule has 0 N–H and O–H groups in total. The van der Waals surface area contributed by atoms with Crippen LogP contribution in [0, 0.1) is 0 Å². The van der Waals surface area contributed by atoms with E-state index in [0.717, 1.165) is 38.8 Å². The van der Waals surface area contributed by atoms with Gasteiger partial charge in [-0.3, -0.25) is 4.79 Å². The van der Waals surface area contributed by atoms with Crippen LogP contribution >= 0.6 is 15.9 Å². The summed E-state index contributed by atoms with van der Waals surface area (Å²) >= 11 is 3.34. The number of hydrogen-bond acceptors (Lipinski definition) is 2. The molecule has 0 saturated carbocycles. The number of aromatic nitrogens is 1. The minimum absolute atomic E-state index is 0.0804. The fourth-order valence-corrected chi connectivity index (χ4v) is 2.15. The first kappa shape index (κ1) is 15.2. The summed E-state index contributed by atoms with van der Waals surface area (Å²) in [6.07, 6.45) is 5.98. The Morgan fingerprint density at radius 3 is 2.39 bits per heavy atom. The molecule has 0 fully saturated rings. The van der Waals surface area contributed by atoms with Gasteiger partial charge in [-0.15, -0.1) is 0 Å². The van der Waals surface area contributed by atoms with Gasteiger partial charge in [-0.2, -0.15) is 0 Å². The highest BCUT2D eigenvalue weighted by Gasteiger charge is 2.17. The maximum absolute atomic E-state index is 12.4. The summed E-state index contributed by atoms with van der Waals surface area (Å²) in [5.41, 5.74) is 0.657. The Kier molecular flexibility index (Phi) is 6.94. The van der Waals surface area contributed by atoms with Gasteiger partial charge in [0.05, 0.1) is 5.56 Å². The van der Waals surface area contributed by atoms with Gasteiger partial charge in [0, 0.05) is 19.3 Å². The molecule has 0 aliphatic rings. The summed E-state index contributed by atoms with van der Waals surface area (Å²) in [5, 5.41) is 0. The second-order valence-corrected chi connectivity index (χ2v) is 5.09. The highest BCUT2D eigenvalue weighted by atomic mass is 79.9. The summed E-state index contributed by atoms with van der Waals surface area (Å²) < 4.78 is 0.632. The molecular weight excluding hydrogens is 292 g/mol. The molecule has 0 aliphatic heterocycles. The van der Waals surface area contributed by atoms with Crippen molar-refractivity contribution in [1.82, 2.24) is 9.88 Å². The van der Waals surface area contributed by atoms with E-state index in [9.17, 15) is 4.79 Å². The Balaban J connectivity index is 2.77. The van der Waals surface area contributed by atoms with Crippen LogP contribution in [0.3, 0.4) is 0 Å². The van der Waals surface area contributed by atoms with Gasteiger partial charge in [0.2, 0.25) is 0 Å². The maximum Gasteiger partial charge on any atom is 0.256 e. The topological polar surface area (TPSA) is 33.2 Å². The third-order valence-corrected chi connectivity index (χ3v) is 3.47. The van der Waals surface area contributed by atoms with Crippen LogP contribution in [0.4, 0.5) is 0 Å². The number of nitrogens with zero attached hydrogens (tertiary/aromatic N) is 2. The summed E-state index contributed by atoms with van der Waals surface area (Å²) in [6, 6.07) is 3.63. The molecule has 100 valence electrons. The minimum Gasteiger partial charge on any atom is -0.339 e. The quantitative estimate of drug-likeness (QED) is 0.716. The number of halogens is 1. The van der Waals surface area contributed by atoms with Gasteiger partial charge in [-0.1, -0.05) is 26.7 Å². The highest BCUT2D eigenvalue weighted by Crippen LogP contribution is 2.16. The van der Waals surface area contributed by atoms with Crippen LogP contribution in [0.1, 0.15) is 49.9 Å². The van der Waals surface area contributed by atoms with Gasteiger partial charge in [-0.05, 0) is 40.9 Å². The summed E-state index contributed by atoms with van der Waals surface area (Å²) in [5.74, 6) is 0.0804. The van der Waals surface area contributed by atoms with Crippen molar-refractivity contribution in [2.75, 3.05) is 13.1 Å². The van der Waals surface area contributed by atoms with Crippen LogP contribution in [-0.4, -0.2) is 28.9 Å². The number of carbonyl (C=O) groups excluding carboxylic acids is 1. The molecule has 3 nitrogen and oxygen atoms in total. The van der Waals surface area contributed by atoms with Crippen LogP contribution in [0.25, 0.3) is 0 Å². The molecule has 1 aromatic rings. The molecule has 0 bridgehead atoms. The Hall–Kier alpha value is -0.900. The van der Waals surface area contributed by atoms with Crippen LogP contribution < -0.4 is 0 Å². The van der Waals surface area contributed by atoms with Gasteiger partial charge < -0.3 is 4.90 Å². The smallest absolute Gasteiger partial charge is 0.256 e. The van der Waals surface area contributed by atoms with E-state index >= 15 is 0 Å². The fraction of sp³-hybridized carbons (Fsp3) is 0.571. The molecule has 1 rings (SSSR count). The predicted molar refractivity (Wildman–Crippen MR) is 77.7 cm³/mol. The SMILES string of the molecule is CCCCN(CCCC)C(=O)c1cccnc1Br. The molecule has 0 saturated heterocycles. The molecule has 18 heavy (non-hydrogen) atoms. The zero-order valence-corrected chi connectivity index (χ0v) is 12.7. The van der Waals surface area contributed by atoms with E-state index in [0.29, 0.717) is 10.2 Å². The van der Waals surface area contributed by atoms with Crippen LogP contribution in [0.15, 0.2) is 22.9 Å². The van der Waals surface area contributed by atoms with E-state index in [4.69, 9.17) is 0 Å². The third-order valence-electron chi connectivity index (χ3n) is 2.84. The first-order valence-electron chi connectivity index (χ1n) is 6.60. The lowest BCUT2D eigenvalue weighted by Gasteiger charge is -2.22. The number of unbranched alkanes of at least 4 members (excludes halogenated alkanes) is 2. The standard InChI is InChI=1S/C14H21BrN2O/c1-3-5-10-17(11-6-4-2)14(18)12-8-7-9-16-13(12)15/h7-9H,3-6,10-11H2,1-2H3. The van der Waals surface area contributed by atoms with Crippen molar-refractivity contribution in [2.24, 2.45) is 0 Å². The Morgan fingerprint density at radius 1 is 1.28 bits per heavy atom. The summed E-state index contributed by atoms with van der Waals surface area (Å²) in [6.45, 7) is 5.94. The van der Waals surface area contributed by atoms with E-state index in [1.807, 2.05) is 11.0 Å². The number of carbonyl (C=O) groups is 1. The van der Waals surface area contributed by atoms with Crippen molar-refractivity contribution in [3.8, 4) is 0 Å². The molecule has 0 aromatic carbocycles. The zero-order chi connectivity index (χ0) is 13.4. The zero-order valence-electron chi connectivity index (χ0n) is 11.2. The molecule has 4 heteroatoms. The summed E-state index contributed by atoms with van der Waals surface area (Å²) in [4.78, 5) is 18.5. The van der Waals surface area contributed by atoms with E-state index in [2.05, 4.69) is 34.8 Å². The van der Waals surface area contributed by atoms with E-state index < -0.39 is 0 Å². The monoisotopic (exact) mass is 312 g/mol. The molecule has 1 heterocycles. The van der Waals surface area contributed by atoms with Crippen molar-refractivity contribution < 1.29 is 4.79 Å². The van der Waals surface area contributed by atoms with Crippen LogP contribution in [-0.2, 0) is 0 Å². The first-order chi connectivity index (χ1) is 8.70. The molecule has 0 atom stereocenters. The van der Waals surface area contributed by atoms with Gasteiger partial charge >= 0.3 is 0 Å². The third kappa shape index (κ3) is 4.41.